The molecule has 14 nitrogen and oxygen atoms in total. The van der Waals surface area contributed by atoms with Crippen LogP contribution in [0.25, 0.3) is 5.65 Å². The van der Waals surface area contributed by atoms with Gasteiger partial charge in [0.05, 0.1) is 59.5 Å². The summed E-state index contributed by atoms with van der Waals surface area (Å²) in [5.74, 6) is 0.593. The van der Waals surface area contributed by atoms with E-state index in [1.807, 2.05) is 11.8 Å². The molecule has 3 aromatic rings. The maximum absolute atomic E-state index is 11.4. The van der Waals surface area contributed by atoms with Crippen LogP contribution in [0.5, 0.6) is 0 Å². The molecule has 0 bridgehead atoms. The van der Waals surface area contributed by atoms with Gasteiger partial charge in [0.25, 0.3) is 0 Å². The fourth-order valence-corrected chi connectivity index (χ4v) is 4.99. The molecule has 5 rings (SSSR count). The Bertz CT molecular complexity index is 1480. The molecule has 15 heteroatoms. The third kappa shape index (κ3) is 5.44. The summed E-state index contributed by atoms with van der Waals surface area (Å²) in [4.78, 5) is 22.1. The van der Waals surface area contributed by atoms with Gasteiger partial charge in [0.15, 0.2) is 17.2 Å². The Kier molecular flexibility index (Phi) is 7.51. The second kappa shape index (κ2) is 11.2. The highest BCUT2D eigenvalue weighted by Crippen LogP contribution is 2.37. The van der Waals surface area contributed by atoms with Crippen molar-refractivity contribution in [1.82, 2.24) is 30.2 Å². The quantitative estimate of drug-likeness (QED) is 0.274. The van der Waals surface area contributed by atoms with Crippen LogP contribution in [0.4, 0.5) is 27.9 Å². The van der Waals surface area contributed by atoms with Gasteiger partial charge in [0.1, 0.15) is 6.07 Å². The minimum Gasteiger partial charge on any atom is -0.465 e. The van der Waals surface area contributed by atoms with Crippen LogP contribution in [0, 0.1) is 22.7 Å². The van der Waals surface area contributed by atoms with Crippen molar-refractivity contribution < 1.29 is 14.6 Å². The van der Waals surface area contributed by atoms with Crippen LogP contribution in [0.1, 0.15) is 24.6 Å². The standard InChI is InChI=1S/C24H26ClN11O3/c1-2-28-21-22-29-9-15(8-27)36(22)34-23(33-21)31-17-5-13(7-26)6-19(20(17)25)35-4-3-16(32-24(37)38)18(10-35)30-14-11-39-12-14/h5-6,9,14,16,18,30,32H,2-4,10-12H2,1H3,(H,37,38)(H2,28,31,33,34)/t16-,18+/m1/s1. The van der Waals surface area contributed by atoms with E-state index < -0.39 is 6.09 Å². The number of hydrogen-bond acceptors (Lipinski definition) is 11. The molecule has 0 radical (unpaired) electrons. The number of hydrogen-bond donors (Lipinski definition) is 5. The molecular formula is C24H26ClN11O3. The van der Waals surface area contributed by atoms with Crippen LogP contribution in [-0.4, -0.2) is 81.8 Å². The highest BCUT2D eigenvalue weighted by Gasteiger charge is 2.34. The molecular weight excluding hydrogens is 526 g/mol. The Morgan fingerprint density at radius 2 is 2.10 bits per heavy atom. The second-order valence-electron chi connectivity index (χ2n) is 9.20. The van der Waals surface area contributed by atoms with E-state index in [9.17, 15) is 20.4 Å². The Morgan fingerprint density at radius 1 is 1.28 bits per heavy atom. The Hall–Kier alpha value is -4.37. The number of aromatic nitrogens is 4. The zero-order valence-electron chi connectivity index (χ0n) is 21.0. The molecule has 2 aliphatic rings. The van der Waals surface area contributed by atoms with Crippen molar-refractivity contribution >= 4 is 46.5 Å². The summed E-state index contributed by atoms with van der Waals surface area (Å²) >= 11 is 6.88. The lowest BCUT2D eigenvalue weighted by molar-refractivity contribution is -0.0123. The zero-order valence-corrected chi connectivity index (χ0v) is 21.7. The van der Waals surface area contributed by atoms with Crippen LogP contribution in [-0.2, 0) is 4.74 Å². The number of anilines is 4. The third-order valence-electron chi connectivity index (χ3n) is 6.60. The maximum Gasteiger partial charge on any atom is 0.404 e. The summed E-state index contributed by atoms with van der Waals surface area (Å²) in [5, 5.41) is 45.6. The second-order valence-corrected chi connectivity index (χ2v) is 9.57. The van der Waals surface area contributed by atoms with E-state index in [1.54, 1.807) is 12.1 Å². The fourth-order valence-electron chi connectivity index (χ4n) is 4.72. The number of carboxylic acid groups (broad SMARTS) is 1. The summed E-state index contributed by atoms with van der Waals surface area (Å²) in [6.45, 7) is 4.60. The van der Waals surface area contributed by atoms with Gasteiger partial charge in [0, 0.05) is 25.7 Å². The summed E-state index contributed by atoms with van der Waals surface area (Å²) in [7, 11) is 0. The van der Waals surface area contributed by atoms with Crippen molar-refractivity contribution in [1.29, 1.82) is 10.5 Å². The van der Waals surface area contributed by atoms with Crippen molar-refractivity contribution in [2.24, 2.45) is 0 Å². The first-order valence-electron chi connectivity index (χ1n) is 12.4. The Morgan fingerprint density at radius 3 is 2.77 bits per heavy atom. The van der Waals surface area contributed by atoms with Crippen molar-refractivity contribution in [3.05, 3.63) is 34.6 Å². The number of nitriles is 2. The largest absolute Gasteiger partial charge is 0.465 e. The molecule has 0 spiro atoms. The van der Waals surface area contributed by atoms with E-state index in [0.29, 0.717) is 72.7 Å². The van der Waals surface area contributed by atoms with Crippen LogP contribution in [0.15, 0.2) is 18.3 Å². The molecule has 202 valence electrons. The Balaban J connectivity index is 1.46. The average molecular weight is 552 g/mol. The number of halogens is 1. The number of nitrogens with one attached hydrogen (secondary N) is 4. The lowest BCUT2D eigenvalue weighted by Gasteiger charge is -2.43. The van der Waals surface area contributed by atoms with Gasteiger partial charge in [-0.2, -0.15) is 20.0 Å². The fraction of sp³-hybridized carbons (Fsp3) is 0.417. The smallest absolute Gasteiger partial charge is 0.404 e. The first-order chi connectivity index (χ1) is 18.9. The van der Waals surface area contributed by atoms with Crippen LogP contribution in [0.3, 0.4) is 0 Å². The summed E-state index contributed by atoms with van der Waals surface area (Å²) < 4.78 is 6.65. The van der Waals surface area contributed by atoms with Crippen LogP contribution < -0.4 is 26.2 Å². The lowest BCUT2D eigenvalue weighted by atomic mass is 9.97. The number of rotatable bonds is 8. The first-order valence-corrected chi connectivity index (χ1v) is 12.8. The number of fused-ring (bicyclic) bond motifs is 1. The molecule has 2 fully saturated rings. The van der Waals surface area contributed by atoms with E-state index in [-0.39, 0.29) is 29.8 Å². The molecule has 1 aromatic carbocycles. The molecule has 2 aromatic heterocycles. The van der Waals surface area contributed by atoms with Gasteiger partial charge in [-0.25, -0.2) is 9.78 Å². The molecule has 5 N–H and O–H groups in total. The minimum absolute atomic E-state index is 0.144. The van der Waals surface area contributed by atoms with Gasteiger partial charge < -0.3 is 36.0 Å². The van der Waals surface area contributed by atoms with Crippen molar-refractivity contribution in [3.8, 4) is 12.1 Å². The molecule has 2 atom stereocenters. The number of carbonyl (C=O) groups is 1. The molecule has 0 saturated carbocycles. The van der Waals surface area contributed by atoms with Gasteiger partial charge in [0.2, 0.25) is 5.95 Å². The van der Waals surface area contributed by atoms with Crippen molar-refractivity contribution in [2.75, 3.05) is 48.4 Å². The highest BCUT2D eigenvalue weighted by atomic mass is 35.5. The molecule has 0 unspecified atom stereocenters. The zero-order chi connectivity index (χ0) is 27.5. The van der Waals surface area contributed by atoms with E-state index in [1.165, 1.54) is 10.7 Å². The maximum atomic E-state index is 11.4. The number of imidazole rings is 1. The van der Waals surface area contributed by atoms with Crippen molar-refractivity contribution in [3.63, 3.8) is 0 Å². The highest BCUT2D eigenvalue weighted by molar-refractivity contribution is 6.36. The first kappa shape index (κ1) is 26.2. The Labute approximate surface area is 228 Å². The van der Waals surface area contributed by atoms with Gasteiger partial charge >= 0.3 is 6.09 Å². The summed E-state index contributed by atoms with van der Waals surface area (Å²) in [5.41, 5.74) is 2.05. The number of benzene rings is 1. The van der Waals surface area contributed by atoms with Crippen LogP contribution in [0.2, 0.25) is 5.02 Å². The number of ether oxygens (including phenoxy) is 1. The lowest BCUT2D eigenvalue weighted by Crippen LogP contribution is -2.64. The van der Waals surface area contributed by atoms with E-state index in [0.717, 1.165) is 0 Å². The average Bonchev–Trinajstić information content (AvgIpc) is 3.31. The normalized spacial score (nSPS) is 19.1. The van der Waals surface area contributed by atoms with E-state index in [2.05, 4.69) is 48.5 Å². The SMILES string of the molecule is CCNc1nc(Nc2cc(C#N)cc(N3CC[C@@H](NC(=O)O)[C@@H](NC4COC4)C3)c2Cl)nn2c(C#N)cnc12. The molecule has 1 amide bonds. The van der Waals surface area contributed by atoms with Gasteiger partial charge in [-0.3, -0.25) is 0 Å². The summed E-state index contributed by atoms with van der Waals surface area (Å²) in [6, 6.07) is 7.20. The van der Waals surface area contributed by atoms with Gasteiger partial charge in [-0.1, -0.05) is 11.6 Å². The molecule has 2 saturated heterocycles. The van der Waals surface area contributed by atoms with Crippen LogP contribution >= 0.6 is 11.6 Å². The number of piperidine rings is 1. The monoisotopic (exact) mass is 551 g/mol. The summed E-state index contributed by atoms with van der Waals surface area (Å²) in [6.07, 6.45) is 0.878. The predicted molar refractivity (Wildman–Crippen MR) is 142 cm³/mol. The third-order valence-corrected chi connectivity index (χ3v) is 7.00. The molecule has 39 heavy (non-hydrogen) atoms. The molecule has 2 aliphatic heterocycles. The van der Waals surface area contributed by atoms with Gasteiger partial charge in [-0.05, 0) is 25.5 Å². The predicted octanol–water partition coefficient (Wildman–Crippen LogP) is 1.90. The number of amides is 1. The molecule has 0 aliphatic carbocycles. The van der Waals surface area contributed by atoms with Gasteiger partial charge in [-0.15, -0.1) is 5.10 Å². The number of nitrogens with zero attached hydrogens (tertiary/aromatic N) is 7. The van der Waals surface area contributed by atoms with Crippen molar-refractivity contribution in [2.45, 2.75) is 31.5 Å². The van der Waals surface area contributed by atoms with E-state index in [4.69, 9.17) is 16.3 Å². The molecule has 4 heterocycles. The minimum atomic E-state index is -1.08. The topological polar surface area (TPSA) is 189 Å². The van der Waals surface area contributed by atoms with E-state index >= 15 is 0 Å².